The molecule has 9 nitrogen and oxygen atoms in total. The van der Waals surface area contributed by atoms with Gasteiger partial charge in [0.15, 0.2) is 0 Å². The third kappa shape index (κ3) is 9.35. The van der Waals surface area contributed by atoms with Crippen LogP contribution in [-0.2, 0) is 13.2 Å². The molecule has 34 heavy (non-hydrogen) atoms. The summed E-state index contributed by atoms with van der Waals surface area (Å²) < 4.78 is 0. The molecule has 0 atom stereocenters. The number of nitrogen functional groups attached to an aromatic ring is 1. The molecule has 0 aliphatic carbocycles. The molecule has 0 saturated carbocycles. The Hall–Kier alpha value is -3.82. The summed E-state index contributed by atoms with van der Waals surface area (Å²) >= 11 is 0. The van der Waals surface area contributed by atoms with Crippen molar-refractivity contribution in [2.24, 2.45) is 0 Å². The van der Waals surface area contributed by atoms with Crippen LogP contribution in [0.15, 0.2) is 66.9 Å². The third-order valence-electron chi connectivity index (χ3n) is 4.87. The molecule has 0 aliphatic rings. The monoisotopic (exact) mass is 465 g/mol. The summed E-state index contributed by atoms with van der Waals surface area (Å²) in [5.41, 5.74) is 8.76. The van der Waals surface area contributed by atoms with E-state index in [1.165, 1.54) is 49.1 Å². The van der Waals surface area contributed by atoms with E-state index in [1.54, 1.807) is 18.3 Å². The minimum Gasteiger partial charge on any atom is -0.392 e. The molecule has 5 N–H and O–H groups in total. The number of non-ortho nitro benzene ring substituents is 1. The van der Waals surface area contributed by atoms with Crippen LogP contribution < -0.4 is 16.4 Å². The van der Waals surface area contributed by atoms with E-state index in [9.17, 15) is 14.9 Å². The highest BCUT2D eigenvalue weighted by atomic mass is 16.6. The maximum atomic E-state index is 12.2. The van der Waals surface area contributed by atoms with Gasteiger partial charge in [-0.25, -0.2) is 4.98 Å². The van der Waals surface area contributed by atoms with Crippen LogP contribution in [0.5, 0.6) is 0 Å². The number of aliphatic hydroxyl groups excluding tert-OH is 1. The lowest BCUT2D eigenvalue weighted by Crippen LogP contribution is -2.15. The molecule has 9 heteroatoms. The fraction of sp³-hybridized carbons (Fsp3) is 0.280. The van der Waals surface area contributed by atoms with E-state index in [-0.39, 0.29) is 18.2 Å². The van der Waals surface area contributed by atoms with Crippen molar-refractivity contribution in [2.75, 3.05) is 17.6 Å². The van der Waals surface area contributed by atoms with Gasteiger partial charge in [-0.15, -0.1) is 0 Å². The number of nitrogens with zero attached hydrogens (tertiary/aromatic N) is 2. The molecule has 180 valence electrons. The van der Waals surface area contributed by atoms with Gasteiger partial charge in [-0.05, 0) is 54.4 Å². The smallest absolute Gasteiger partial charge is 0.269 e. The molecule has 1 heterocycles. The zero-order valence-corrected chi connectivity index (χ0v) is 19.2. The number of nitro benzene ring substituents is 1. The summed E-state index contributed by atoms with van der Waals surface area (Å²) in [7, 11) is 0. The molecule has 0 unspecified atom stereocenters. The first-order valence-electron chi connectivity index (χ1n) is 11.1. The largest absolute Gasteiger partial charge is 0.392 e. The second-order valence-corrected chi connectivity index (χ2v) is 7.59. The molecular weight excluding hydrogens is 434 g/mol. The van der Waals surface area contributed by atoms with E-state index in [1.807, 2.05) is 24.3 Å². The normalized spacial score (nSPS) is 10.2. The van der Waals surface area contributed by atoms with E-state index >= 15 is 0 Å². The fourth-order valence-corrected chi connectivity index (χ4v) is 2.96. The first-order chi connectivity index (χ1) is 16.4. The molecule has 3 rings (SSSR count). The number of carbonyl (C=O) groups is 1. The van der Waals surface area contributed by atoms with Gasteiger partial charge in [0.25, 0.3) is 11.6 Å². The van der Waals surface area contributed by atoms with Gasteiger partial charge < -0.3 is 21.5 Å². The zero-order valence-electron chi connectivity index (χ0n) is 19.2. The average Bonchev–Trinajstić information content (AvgIpc) is 2.84. The number of hydrogen-bond donors (Lipinski definition) is 4. The van der Waals surface area contributed by atoms with E-state index in [4.69, 9.17) is 10.8 Å². The molecule has 0 aliphatic heterocycles. The number of amides is 1. The van der Waals surface area contributed by atoms with Crippen molar-refractivity contribution in [3.8, 4) is 0 Å². The lowest BCUT2D eigenvalue weighted by Gasteiger charge is -2.07. The van der Waals surface area contributed by atoms with Crippen molar-refractivity contribution < 1.29 is 14.8 Å². The summed E-state index contributed by atoms with van der Waals surface area (Å²) in [5.74, 6) is 0.227. The fourth-order valence-electron chi connectivity index (χ4n) is 2.96. The maximum absolute atomic E-state index is 12.2. The van der Waals surface area contributed by atoms with Crippen LogP contribution in [0.1, 0.15) is 47.7 Å². The summed E-state index contributed by atoms with van der Waals surface area (Å²) in [6.07, 6.45) is 5.25. The van der Waals surface area contributed by atoms with Gasteiger partial charge in [-0.3, -0.25) is 14.9 Å². The van der Waals surface area contributed by atoms with Crippen LogP contribution in [-0.4, -0.2) is 27.5 Å². The minimum atomic E-state index is -0.471. The number of aliphatic hydroxyl groups is 1. The van der Waals surface area contributed by atoms with Crippen LogP contribution in [0.4, 0.5) is 17.2 Å². The van der Waals surface area contributed by atoms with Crippen molar-refractivity contribution in [1.82, 2.24) is 10.3 Å². The number of pyridine rings is 1. The van der Waals surface area contributed by atoms with Crippen molar-refractivity contribution >= 4 is 23.1 Å². The lowest BCUT2D eigenvalue weighted by atomic mass is 10.1. The second-order valence-electron chi connectivity index (χ2n) is 7.59. The predicted molar refractivity (Wildman–Crippen MR) is 133 cm³/mol. The van der Waals surface area contributed by atoms with Gasteiger partial charge in [-0.1, -0.05) is 31.9 Å². The van der Waals surface area contributed by atoms with E-state index < -0.39 is 4.92 Å². The zero-order chi connectivity index (χ0) is 24.8. The molecule has 0 spiro atoms. The predicted octanol–water partition coefficient (Wildman–Crippen LogP) is 4.28. The van der Waals surface area contributed by atoms with Crippen molar-refractivity contribution in [3.05, 3.63) is 93.7 Å². The Morgan fingerprint density at radius 1 is 1.06 bits per heavy atom. The summed E-state index contributed by atoms with van der Waals surface area (Å²) in [6, 6.07) is 16.7. The van der Waals surface area contributed by atoms with Gasteiger partial charge in [-0.2, -0.15) is 0 Å². The molecule has 2 aromatic carbocycles. The Morgan fingerprint density at radius 3 is 2.32 bits per heavy atom. The van der Waals surface area contributed by atoms with Crippen LogP contribution in [0, 0.1) is 10.1 Å². The maximum Gasteiger partial charge on any atom is 0.269 e. The number of nitro groups is 1. The van der Waals surface area contributed by atoms with Crippen molar-refractivity contribution in [2.45, 2.75) is 39.3 Å². The number of anilines is 2. The van der Waals surface area contributed by atoms with Gasteiger partial charge in [0.05, 0.1) is 11.5 Å². The molecule has 3 aromatic rings. The van der Waals surface area contributed by atoms with Gasteiger partial charge in [0.2, 0.25) is 0 Å². The number of rotatable bonds is 10. The Kier molecular flexibility index (Phi) is 11.2. The topological polar surface area (TPSA) is 143 Å². The first-order valence-corrected chi connectivity index (χ1v) is 11.1. The standard InChI is InChI=1S/C18H24N4O.C7H7NO3/c1-2-3-4-10-20-13-14-5-7-15(8-6-14)18(23)22-16-9-11-21-17(19)12-16;9-5-6-1-3-7(4-2-6)8(10)11/h5-9,11-12,20H,2-4,10,13H2,1H3,(H3,19,21,22,23);1-4,9H,5H2. The number of benzene rings is 2. The third-order valence-corrected chi connectivity index (χ3v) is 4.87. The molecule has 0 bridgehead atoms. The molecule has 0 fully saturated rings. The van der Waals surface area contributed by atoms with Crippen LogP contribution in [0.25, 0.3) is 0 Å². The number of unbranched alkanes of at least 4 members (excludes halogenated alkanes) is 2. The van der Waals surface area contributed by atoms with Crippen LogP contribution >= 0.6 is 0 Å². The second kappa shape index (κ2) is 14.4. The molecular formula is C25H31N5O4. The number of carbonyl (C=O) groups excluding carboxylic acids is 1. The van der Waals surface area contributed by atoms with E-state index in [0.29, 0.717) is 22.6 Å². The molecule has 0 radical (unpaired) electrons. The quantitative estimate of drug-likeness (QED) is 0.199. The average molecular weight is 466 g/mol. The Bertz CT molecular complexity index is 1040. The van der Waals surface area contributed by atoms with Crippen LogP contribution in [0.2, 0.25) is 0 Å². The van der Waals surface area contributed by atoms with Crippen molar-refractivity contribution in [3.63, 3.8) is 0 Å². The highest BCUT2D eigenvalue weighted by molar-refractivity contribution is 6.04. The lowest BCUT2D eigenvalue weighted by molar-refractivity contribution is -0.384. The number of aromatic nitrogens is 1. The minimum absolute atomic E-state index is 0.0437. The number of nitrogens with two attached hydrogens (primary N) is 1. The Balaban J connectivity index is 0.000000310. The molecule has 1 amide bonds. The van der Waals surface area contributed by atoms with Gasteiger partial charge in [0, 0.05) is 42.2 Å². The van der Waals surface area contributed by atoms with E-state index in [2.05, 4.69) is 22.5 Å². The summed E-state index contributed by atoms with van der Waals surface area (Å²) in [6.45, 7) is 3.97. The van der Waals surface area contributed by atoms with Gasteiger partial charge >= 0.3 is 0 Å². The van der Waals surface area contributed by atoms with Crippen molar-refractivity contribution in [1.29, 1.82) is 0 Å². The first kappa shape index (κ1) is 26.4. The Labute approximate surface area is 199 Å². The molecule has 1 aromatic heterocycles. The number of nitrogens with one attached hydrogen (secondary N) is 2. The van der Waals surface area contributed by atoms with Crippen LogP contribution in [0.3, 0.4) is 0 Å². The summed E-state index contributed by atoms with van der Waals surface area (Å²) in [5, 5.41) is 25.0. The van der Waals surface area contributed by atoms with E-state index in [0.717, 1.165) is 13.1 Å². The summed E-state index contributed by atoms with van der Waals surface area (Å²) in [4.78, 5) is 25.8. The molecule has 0 saturated heterocycles. The highest BCUT2D eigenvalue weighted by Gasteiger charge is 2.06. The SMILES string of the molecule is CCCCCNCc1ccc(C(=O)Nc2ccnc(N)c2)cc1.O=[N+]([O-])c1ccc(CO)cc1. The Morgan fingerprint density at radius 2 is 1.74 bits per heavy atom. The van der Waals surface area contributed by atoms with Gasteiger partial charge in [0.1, 0.15) is 5.82 Å². The number of hydrogen-bond acceptors (Lipinski definition) is 7. The highest BCUT2D eigenvalue weighted by Crippen LogP contribution is 2.12.